The van der Waals surface area contributed by atoms with Crippen LogP contribution in [-0.2, 0) is 26.2 Å². The van der Waals surface area contributed by atoms with Gasteiger partial charge < -0.3 is 10.2 Å². The molecule has 0 spiro atoms. The fraction of sp³-hybridized carbons (Fsp3) is 0.481. The molecule has 2 amide bonds. The SMILES string of the molecule is CC[C@H](C)NC(=O)[C@H](CC)N(Cc1ccccc1)C(=O)CCCN(c1ccc(C)cc1)S(C)(=O)=O. The van der Waals surface area contributed by atoms with Crippen molar-refractivity contribution in [1.29, 1.82) is 0 Å². The van der Waals surface area contributed by atoms with Gasteiger partial charge in [0.1, 0.15) is 6.04 Å². The van der Waals surface area contributed by atoms with Crippen LogP contribution in [0.4, 0.5) is 5.69 Å². The van der Waals surface area contributed by atoms with Crippen molar-refractivity contribution < 1.29 is 18.0 Å². The van der Waals surface area contributed by atoms with E-state index in [4.69, 9.17) is 0 Å². The van der Waals surface area contributed by atoms with Gasteiger partial charge in [0.05, 0.1) is 11.9 Å². The highest BCUT2D eigenvalue weighted by molar-refractivity contribution is 7.92. The summed E-state index contributed by atoms with van der Waals surface area (Å²) < 4.78 is 26.2. The maximum atomic E-state index is 13.4. The number of anilines is 1. The molecule has 0 fully saturated rings. The van der Waals surface area contributed by atoms with Crippen LogP contribution in [0.3, 0.4) is 0 Å². The number of amides is 2. The van der Waals surface area contributed by atoms with Crippen molar-refractivity contribution >= 4 is 27.5 Å². The first-order valence-electron chi connectivity index (χ1n) is 12.2. The van der Waals surface area contributed by atoms with Crippen LogP contribution >= 0.6 is 0 Å². The zero-order valence-corrected chi connectivity index (χ0v) is 22.3. The van der Waals surface area contributed by atoms with E-state index in [1.807, 2.05) is 70.2 Å². The van der Waals surface area contributed by atoms with Gasteiger partial charge in [0.25, 0.3) is 0 Å². The molecule has 0 bridgehead atoms. The molecule has 2 rings (SSSR count). The molecule has 1 N–H and O–H groups in total. The second-order valence-electron chi connectivity index (χ2n) is 9.02. The molecule has 0 unspecified atom stereocenters. The van der Waals surface area contributed by atoms with Gasteiger partial charge in [-0.1, -0.05) is 61.9 Å². The molecule has 0 aliphatic carbocycles. The van der Waals surface area contributed by atoms with Crippen molar-refractivity contribution in [3.63, 3.8) is 0 Å². The Labute approximate surface area is 210 Å². The van der Waals surface area contributed by atoms with Gasteiger partial charge in [-0.05, 0) is 50.8 Å². The summed E-state index contributed by atoms with van der Waals surface area (Å²) in [6, 6.07) is 16.3. The molecule has 8 heteroatoms. The van der Waals surface area contributed by atoms with Gasteiger partial charge in [-0.2, -0.15) is 0 Å². The molecular weight excluding hydrogens is 462 g/mol. The second kappa shape index (κ2) is 13.3. The first-order chi connectivity index (χ1) is 16.6. The highest BCUT2D eigenvalue weighted by atomic mass is 32.2. The van der Waals surface area contributed by atoms with E-state index in [9.17, 15) is 18.0 Å². The fourth-order valence-corrected chi connectivity index (χ4v) is 4.82. The standard InChI is InChI=1S/C27H39N3O4S/c1-6-22(4)28-27(32)25(7-2)29(20-23-12-9-8-10-13-23)26(31)14-11-19-30(35(5,33)34)24-17-15-21(3)16-18-24/h8-10,12-13,15-18,22,25H,6-7,11,14,19-20H2,1-5H3,(H,28,32)/t22-,25-/m0/s1. The number of carbonyl (C=O) groups excluding carboxylic acids is 2. The third-order valence-corrected chi connectivity index (χ3v) is 7.25. The van der Waals surface area contributed by atoms with E-state index in [2.05, 4.69) is 5.32 Å². The lowest BCUT2D eigenvalue weighted by Crippen LogP contribution is -2.50. The minimum atomic E-state index is -3.50. The number of rotatable bonds is 13. The summed E-state index contributed by atoms with van der Waals surface area (Å²) in [6.07, 6.45) is 2.93. The van der Waals surface area contributed by atoms with Crippen LogP contribution in [0.5, 0.6) is 0 Å². The van der Waals surface area contributed by atoms with Gasteiger partial charge >= 0.3 is 0 Å². The number of hydrogen-bond acceptors (Lipinski definition) is 4. The predicted molar refractivity (Wildman–Crippen MR) is 142 cm³/mol. The number of benzene rings is 2. The zero-order valence-electron chi connectivity index (χ0n) is 21.5. The Kier molecular flexibility index (Phi) is 10.8. The Morgan fingerprint density at radius 1 is 0.971 bits per heavy atom. The lowest BCUT2D eigenvalue weighted by atomic mass is 10.1. The Balaban J connectivity index is 2.18. The summed E-state index contributed by atoms with van der Waals surface area (Å²) in [4.78, 5) is 28.0. The van der Waals surface area contributed by atoms with Crippen molar-refractivity contribution in [2.45, 2.75) is 72.0 Å². The van der Waals surface area contributed by atoms with Gasteiger partial charge in [-0.3, -0.25) is 13.9 Å². The smallest absolute Gasteiger partial charge is 0.243 e. The zero-order chi connectivity index (χ0) is 26.0. The summed E-state index contributed by atoms with van der Waals surface area (Å²) in [5.74, 6) is -0.332. The van der Waals surface area contributed by atoms with Crippen LogP contribution in [0.25, 0.3) is 0 Å². The molecular formula is C27H39N3O4S. The molecule has 7 nitrogen and oxygen atoms in total. The van der Waals surface area contributed by atoms with E-state index in [0.717, 1.165) is 17.5 Å². The van der Waals surface area contributed by atoms with E-state index in [-0.39, 0.29) is 30.8 Å². The Morgan fingerprint density at radius 2 is 1.60 bits per heavy atom. The maximum Gasteiger partial charge on any atom is 0.243 e. The molecule has 2 aromatic rings. The number of hydrogen-bond donors (Lipinski definition) is 1. The van der Waals surface area contributed by atoms with Gasteiger partial charge in [-0.25, -0.2) is 8.42 Å². The highest BCUT2D eigenvalue weighted by Gasteiger charge is 2.29. The van der Waals surface area contributed by atoms with E-state index in [0.29, 0.717) is 25.1 Å². The molecule has 0 heterocycles. The first kappa shape index (κ1) is 28.4. The van der Waals surface area contributed by atoms with Crippen molar-refractivity contribution in [2.24, 2.45) is 0 Å². The van der Waals surface area contributed by atoms with Gasteiger partial charge in [0.15, 0.2) is 0 Å². The topological polar surface area (TPSA) is 86.8 Å². The average molecular weight is 502 g/mol. The van der Waals surface area contributed by atoms with E-state index < -0.39 is 16.1 Å². The van der Waals surface area contributed by atoms with Crippen LogP contribution in [0, 0.1) is 6.92 Å². The quantitative estimate of drug-likeness (QED) is 0.444. The molecule has 0 aromatic heterocycles. The molecule has 0 saturated heterocycles. The van der Waals surface area contributed by atoms with Crippen LogP contribution in [-0.4, -0.2) is 50.0 Å². The van der Waals surface area contributed by atoms with Gasteiger partial charge in [0, 0.05) is 25.6 Å². The van der Waals surface area contributed by atoms with Crippen molar-refractivity contribution in [3.8, 4) is 0 Å². The second-order valence-corrected chi connectivity index (χ2v) is 10.9. The third kappa shape index (κ3) is 8.69. The molecule has 2 aromatic carbocycles. The number of aryl methyl sites for hydroxylation is 1. The molecule has 0 radical (unpaired) electrons. The van der Waals surface area contributed by atoms with Gasteiger partial charge in [-0.15, -0.1) is 0 Å². The largest absolute Gasteiger partial charge is 0.352 e. The van der Waals surface area contributed by atoms with Gasteiger partial charge in [0.2, 0.25) is 21.8 Å². The number of nitrogens with zero attached hydrogens (tertiary/aromatic N) is 2. The molecule has 35 heavy (non-hydrogen) atoms. The monoisotopic (exact) mass is 501 g/mol. The lowest BCUT2D eigenvalue weighted by Gasteiger charge is -2.32. The Morgan fingerprint density at radius 3 is 2.14 bits per heavy atom. The normalized spacial score (nSPS) is 13.1. The van der Waals surface area contributed by atoms with Crippen LogP contribution in [0.1, 0.15) is 57.6 Å². The molecule has 2 atom stereocenters. The summed E-state index contributed by atoms with van der Waals surface area (Å²) in [6.45, 7) is 8.28. The van der Waals surface area contributed by atoms with E-state index in [1.54, 1.807) is 17.0 Å². The lowest BCUT2D eigenvalue weighted by molar-refractivity contribution is -0.141. The maximum absolute atomic E-state index is 13.4. The average Bonchev–Trinajstić information content (AvgIpc) is 2.82. The summed E-state index contributed by atoms with van der Waals surface area (Å²) >= 11 is 0. The van der Waals surface area contributed by atoms with E-state index >= 15 is 0 Å². The number of nitrogens with one attached hydrogen (secondary N) is 1. The summed E-state index contributed by atoms with van der Waals surface area (Å²) in [7, 11) is -3.50. The van der Waals surface area contributed by atoms with Crippen molar-refractivity contribution in [1.82, 2.24) is 10.2 Å². The Bertz CT molecular complexity index is 1060. The van der Waals surface area contributed by atoms with Crippen LogP contribution < -0.4 is 9.62 Å². The van der Waals surface area contributed by atoms with E-state index in [1.165, 1.54) is 10.6 Å². The Hall–Kier alpha value is -2.87. The number of sulfonamides is 1. The number of carbonyl (C=O) groups is 2. The fourth-order valence-electron chi connectivity index (χ4n) is 3.86. The highest BCUT2D eigenvalue weighted by Crippen LogP contribution is 2.20. The predicted octanol–water partition coefficient (Wildman–Crippen LogP) is 4.26. The summed E-state index contributed by atoms with van der Waals surface area (Å²) in [5, 5.41) is 3.00. The minimum absolute atomic E-state index is 0.0167. The van der Waals surface area contributed by atoms with Crippen molar-refractivity contribution in [3.05, 3.63) is 65.7 Å². The minimum Gasteiger partial charge on any atom is -0.352 e. The third-order valence-electron chi connectivity index (χ3n) is 6.06. The van der Waals surface area contributed by atoms with Crippen LogP contribution in [0.15, 0.2) is 54.6 Å². The molecule has 0 saturated carbocycles. The molecule has 0 aliphatic heterocycles. The van der Waals surface area contributed by atoms with Crippen molar-refractivity contribution in [2.75, 3.05) is 17.1 Å². The molecule has 192 valence electrons. The summed E-state index contributed by atoms with van der Waals surface area (Å²) in [5.41, 5.74) is 2.55. The first-order valence-corrected chi connectivity index (χ1v) is 14.1. The molecule has 0 aliphatic rings. The van der Waals surface area contributed by atoms with Crippen LogP contribution in [0.2, 0.25) is 0 Å².